The van der Waals surface area contributed by atoms with Gasteiger partial charge in [0.05, 0.1) is 12.0 Å². The van der Waals surface area contributed by atoms with Crippen molar-refractivity contribution in [3.8, 4) is 0 Å². The second-order valence-electron chi connectivity index (χ2n) is 5.49. The van der Waals surface area contributed by atoms with Crippen molar-refractivity contribution in [2.24, 2.45) is 0 Å². The van der Waals surface area contributed by atoms with Gasteiger partial charge in [-0.15, -0.1) is 0 Å². The first kappa shape index (κ1) is 14.8. The molecule has 0 radical (unpaired) electrons. The molecule has 1 aromatic heterocycles. The van der Waals surface area contributed by atoms with Gasteiger partial charge in [0.2, 0.25) is 0 Å². The third kappa shape index (κ3) is 3.48. The standard InChI is InChI=1S/C17H25N3/c1-5-18-10-13(2)17-8-6-16(7-9-17)11-20-12-19-14(3)15(20)4/h6-9,12-13,18H,5,10-11H2,1-4H3. The first-order valence-corrected chi connectivity index (χ1v) is 7.39. The van der Waals surface area contributed by atoms with Crippen molar-refractivity contribution in [1.29, 1.82) is 0 Å². The third-order valence-corrected chi connectivity index (χ3v) is 3.95. The Hall–Kier alpha value is -1.61. The van der Waals surface area contributed by atoms with Gasteiger partial charge in [-0.3, -0.25) is 0 Å². The summed E-state index contributed by atoms with van der Waals surface area (Å²) in [5, 5.41) is 3.40. The summed E-state index contributed by atoms with van der Waals surface area (Å²) in [6.07, 6.45) is 1.92. The van der Waals surface area contributed by atoms with E-state index in [0.717, 1.165) is 25.3 Å². The molecule has 0 aliphatic heterocycles. The van der Waals surface area contributed by atoms with Crippen LogP contribution in [0.2, 0.25) is 0 Å². The molecule has 0 amide bonds. The number of nitrogens with one attached hydrogen (secondary N) is 1. The average molecular weight is 271 g/mol. The minimum absolute atomic E-state index is 0.557. The fourth-order valence-corrected chi connectivity index (χ4v) is 2.33. The summed E-state index contributed by atoms with van der Waals surface area (Å²) in [7, 11) is 0. The topological polar surface area (TPSA) is 29.9 Å². The lowest BCUT2D eigenvalue weighted by atomic mass is 10.00. The lowest BCUT2D eigenvalue weighted by molar-refractivity contribution is 0.634. The molecule has 0 aliphatic carbocycles. The molecule has 0 saturated carbocycles. The van der Waals surface area contributed by atoms with E-state index >= 15 is 0 Å². The Kier molecular flexibility index (Phi) is 4.96. The van der Waals surface area contributed by atoms with Crippen LogP contribution >= 0.6 is 0 Å². The number of aryl methyl sites for hydroxylation is 1. The van der Waals surface area contributed by atoms with Gasteiger partial charge >= 0.3 is 0 Å². The highest BCUT2D eigenvalue weighted by Crippen LogP contribution is 2.16. The molecule has 1 atom stereocenters. The quantitative estimate of drug-likeness (QED) is 0.874. The van der Waals surface area contributed by atoms with Crippen molar-refractivity contribution in [3.05, 3.63) is 53.1 Å². The smallest absolute Gasteiger partial charge is 0.0954 e. The van der Waals surface area contributed by atoms with Crippen molar-refractivity contribution in [2.75, 3.05) is 13.1 Å². The monoisotopic (exact) mass is 271 g/mol. The zero-order chi connectivity index (χ0) is 14.5. The Morgan fingerprint density at radius 3 is 2.45 bits per heavy atom. The van der Waals surface area contributed by atoms with Gasteiger partial charge in [0.15, 0.2) is 0 Å². The molecule has 2 rings (SSSR count). The molecule has 3 heteroatoms. The zero-order valence-electron chi connectivity index (χ0n) is 13.0. The molecule has 0 fully saturated rings. The van der Waals surface area contributed by atoms with Crippen LogP contribution in [0, 0.1) is 13.8 Å². The Balaban J connectivity index is 2.03. The summed E-state index contributed by atoms with van der Waals surface area (Å²) in [5.41, 5.74) is 5.08. The third-order valence-electron chi connectivity index (χ3n) is 3.95. The molecule has 0 aliphatic rings. The highest BCUT2D eigenvalue weighted by atomic mass is 15.0. The lowest BCUT2D eigenvalue weighted by Gasteiger charge is -2.13. The van der Waals surface area contributed by atoms with E-state index in [1.807, 2.05) is 6.33 Å². The van der Waals surface area contributed by atoms with Gasteiger partial charge in [-0.2, -0.15) is 0 Å². The molecule has 1 N–H and O–H groups in total. The van der Waals surface area contributed by atoms with Crippen molar-refractivity contribution in [2.45, 2.75) is 40.2 Å². The number of aromatic nitrogens is 2. The molecule has 108 valence electrons. The van der Waals surface area contributed by atoms with Crippen LogP contribution in [0.5, 0.6) is 0 Å². The maximum atomic E-state index is 4.35. The first-order chi connectivity index (χ1) is 9.61. The second kappa shape index (κ2) is 6.71. The van der Waals surface area contributed by atoms with Gasteiger partial charge in [0.1, 0.15) is 0 Å². The number of imidazole rings is 1. The van der Waals surface area contributed by atoms with Crippen LogP contribution in [0.3, 0.4) is 0 Å². The molecule has 1 aromatic carbocycles. The van der Waals surface area contributed by atoms with Crippen LogP contribution in [-0.4, -0.2) is 22.6 Å². The number of rotatable bonds is 6. The van der Waals surface area contributed by atoms with Crippen LogP contribution in [-0.2, 0) is 6.54 Å². The lowest BCUT2D eigenvalue weighted by Crippen LogP contribution is -2.19. The fraction of sp³-hybridized carbons (Fsp3) is 0.471. The van der Waals surface area contributed by atoms with Crippen molar-refractivity contribution in [3.63, 3.8) is 0 Å². The fourth-order valence-electron chi connectivity index (χ4n) is 2.33. The average Bonchev–Trinajstić information content (AvgIpc) is 2.77. The van der Waals surface area contributed by atoms with E-state index in [0.29, 0.717) is 5.92 Å². The van der Waals surface area contributed by atoms with Gasteiger partial charge in [-0.25, -0.2) is 4.98 Å². The molecule has 20 heavy (non-hydrogen) atoms. The normalized spacial score (nSPS) is 12.6. The van der Waals surface area contributed by atoms with Crippen molar-refractivity contribution >= 4 is 0 Å². The number of nitrogens with zero attached hydrogens (tertiary/aromatic N) is 2. The molecular weight excluding hydrogens is 246 g/mol. The number of hydrogen-bond acceptors (Lipinski definition) is 2. The maximum absolute atomic E-state index is 4.35. The zero-order valence-corrected chi connectivity index (χ0v) is 13.0. The summed E-state index contributed by atoms with van der Waals surface area (Å²) >= 11 is 0. The minimum atomic E-state index is 0.557. The van der Waals surface area contributed by atoms with E-state index in [2.05, 4.69) is 66.8 Å². The Bertz CT molecular complexity index is 540. The minimum Gasteiger partial charge on any atom is -0.330 e. The molecule has 2 aromatic rings. The summed E-state index contributed by atoms with van der Waals surface area (Å²) in [5.74, 6) is 0.557. The summed E-state index contributed by atoms with van der Waals surface area (Å²) in [6, 6.07) is 8.95. The van der Waals surface area contributed by atoms with E-state index in [4.69, 9.17) is 0 Å². The Labute approximate surface area is 122 Å². The molecule has 0 bridgehead atoms. The van der Waals surface area contributed by atoms with Crippen LogP contribution in [0.4, 0.5) is 0 Å². The number of hydrogen-bond donors (Lipinski definition) is 1. The van der Waals surface area contributed by atoms with E-state index in [-0.39, 0.29) is 0 Å². The van der Waals surface area contributed by atoms with Crippen LogP contribution < -0.4 is 5.32 Å². The van der Waals surface area contributed by atoms with Crippen molar-refractivity contribution in [1.82, 2.24) is 14.9 Å². The van der Waals surface area contributed by atoms with Gasteiger partial charge < -0.3 is 9.88 Å². The predicted octanol–water partition coefficient (Wildman–Crippen LogP) is 3.26. The highest BCUT2D eigenvalue weighted by molar-refractivity contribution is 5.26. The molecule has 1 unspecified atom stereocenters. The van der Waals surface area contributed by atoms with E-state index in [9.17, 15) is 0 Å². The summed E-state index contributed by atoms with van der Waals surface area (Å²) < 4.78 is 2.20. The van der Waals surface area contributed by atoms with E-state index in [1.54, 1.807) is 0 Å². The van der Waals surface area contributed by atoms with E-state index in [1.165, 1.54) is 16.8 Å². The predicted molar refractivity (Wildman–Crippen MR) is 84.2 cm³/mol. The summed E-state index contributed by atoms with van der Waals surface area (Å²) in [4.78, 5) is 4.35. The molecular formula is C17H25N3. The van der Waals surface area contributed by atoms with Gasteiger partial charge in [0, 0.05) is 18.8 Å². The number of likely N-dealkylation sites (N-methyl/N-ethyl adjacent to an activating group) is 1. The Morgan fingerprint density at radius 1 is 1.20 bits per heavy atom. The first-order valence-electron chi connectivity index (χ1n) is 7.39. The van der Waals surface area contributed by atoms with Crippen molar-refractivity contribution < 1.29 is 0 Å². The van der Waals surface area contributed by atoms with E-state index < -0.39 is 0 Å². The second-order valence-corrected chi connectivity index (χ2v) is 5.49. The summed E-state index contributed by atoms with van der Waals surface area (Å²) in [6.45, 7) is 11.5. The van der Waals surface area contributed by atoms with Crippen LogP contribution in [0.15, 0.2) is 30.6 Å². The van der Waals surface area contributed by atoms with Gasteiger partial charge in [-0.05, 0) is 37.4 Å². The van der Waals surface area contributed by atoms with Crippen LogP contribution in [0.25, 0.3) is 0 Å². The van der Waals surface area contributed by atoms with Gasteiger partial charge in [0.25, 0.3) is 0 Å². The SMILES string of the molecule is CCNCC(C)c1ccc(Cn2cnc(C)c2C)cc1. The van der Waals surface area contributed by atoms with Gasteiger partial charge in [-0.1, -0.05) is 38.1 Å². The number of benzene rings is 1. The highest BCUT2D eigenvalue weighted by Gasteiger charge is 2.06. The molecule has 1 heterocycles. The Morgan fingerprint density at radius 2 is 1.90 bits per heavy atom. The molecule has 3 nitrogen and oxygen atoms in total. The van der Waals surface area contributed by atoms with Crippen LogP contribution in [0.1, 0.15) is 42.3 Å². The largest absolute Gasteiger partial charge is 0.330 e. The maximum Gasteiger partial charge on any atom is 0.0954 e. The molecule has 0 spiro atoms. The molecule has 0 saturated heterocycles.